The third-order valence-electron chi connectivity index (χ3n) is 4.14. The van der Waals surface area contributed by atoms with Crippen molar-refractivity contribution < 1.29 is 4.79 Å². The Morgan fingerprint density at radius 1 is 1.05 bits per heavy atom. The largest absolute Gasteiger partial charge is 0.280 e. The summed E-state index contributed by atoms with van der Waals surface area (Å²) in [5.74, 6) is 0.163. The zero-order valence-corrected chi connectivity index (χ0v) is 12.2. The molecule has 0 aromatic heterocycles. The van der Waals surface area contributed by atoms with Crippen LogP contribution in [0.1, 0.15) is 29.2 Å². The van der Waals surface area contributed by atoms with E-state index in [-0.39, 0.29) is 5.91 Å². The van der Waals surface area contributed by atoms with Crippen LogP contribution in [0.25, 0.3) is 0 Å². The number of fused-ring (bicyclic) bond motifs is 1. The maximum Gasteiger partial charge on any atom is 0.236 e. The predicted molar refractivity (Wildman–Crippen MR) is 82.6 cm³/mol. The van der Waals surface area contributed by atoms with Crippen LogP contribution in [-0.4, -0.2) is 5.91 Å². The lowest BCUT2D eigenvalue weighted by atomic mass is 10.1. The first-order valence-corrected chi connectivity index (χ1v) is 7.12. The predicted octanol–water partition coefficient (Wildman–Crippen LogP) is 4.09. The van der Waals surface area contributed by atoms with E-state index >= 15 is 0 Å². The molecule has 3 rings (SSSR count). The number of hydrogen-bond acceptors (Lipinski definition) is 1. The summed E-state index contributed by atoms with van der Waals surface area (Å²) in [7, 11) is 0. The lowest BCUT2D eigenvalue weighted by molar-refractivity contribution is -0.116. The zero-order valence-electron chi connectivity index (χ0n) is 12.2. The Bertz CT molecular complexity index is 688. The molecule has 2 nitrogen and oxygen atoms in total. The van der Waals surface area contributed by atoms with E-state index in [1.807, 2.05) is 11.0 Å². The summed E-state index contributed by atoms with van der Waals surface area (Å²) in [4.78, 5) is 14.2. The van der Waals surface area contributed by atoms with E-state index in [1.165, 1.54) is 16.7 Å². The van der Waals surface area contributed by atoms with Crippen molar-refractivity contribution in [2.75, 3.05) is 4.90 Å². The molecule has 2 aromatic carbocycles. The zero-order chi connectivity index (χ0) is 14.3. The van der Waals surface area contributed by atoms with Crippen LogP contribution in [0, 0.1) is 13.8 Å². The highest BCUT2D eigenvalue weighted by molar-refractivity contribution is 6.07. The van der Waals surface area contributed by atoms with Gasteiger partial charge >= 0.3 is 0 Å². The monoisotopic (exact) mass is 265 g/mol. The van der Waals surface area contributed by atoms with Gasteiger partial charge in [-0.05, 0) is 60.7 Å². The van der Waals surface area contributed by atoms with Crippen LogP contribution in [0.5, 0.6) is 0 Å². The third-order valence-corrected chi connectivity index (χ3v) is 4.14. The fourth-order valence-electron chi connectivity index (χ4n) is 2.71. The second-order valence-corrected chi connectivity index (χ2v) is 5.49. The molecule has 0 bridgehead atoms. The van der Waals surface area contributed by atoms with Crippen molar-refractivity contribution >= 4 is 17.3 Å². The minimum atomic E-state index is 0.163. The highest BCUT2D eigenvalue weighted by Gasteiger charge is 2.28. The van der Waals surface area contributed by atoms with Crippen LogP contribution in [0.2, 0.25) is 0 Å². The van der Waals surface area contributed by atoms with Gasteiger partial charge in [0.2, 0.25) is 5.91 Å². The van der Waals surface area contributed by atoms with E-state index in [0.29, 0.717) is 6.42 Å². The van der Waals surface area contributed by atoms with Gasteiger partial charge in [-0.2, -0.15) is 0 Å². The van der Waals surface area contributed by atoms with Crippen molar-refractivity contribution in [2.24, 2.45) is 0 Å². The second kappa shape index (κ2) is 4.78. The maximum absolute atomic E-state index is 12.4. The molecule has 20 heavy (non-hydrogen) atoms. The Kier molecular flexibility index (Phi) is 3.09. The molecule has 0 saturated heterocycles. The van der Waals surface area contributed by atoms with E-state index in [1.54, 1.807) is 0 Å². The fourth-order valence-corrected chi connectivity index (χ4v) is 2.71. The van der Waals surface area contributed by atoms with E-state index in [2.05, 4.69) is 51.1 Å². The lowest BCUT2D eigenvalue weighted by Crippen LogP contribution is -2.21. The van der Waals surface area contributed by atoms with Gasteiger partial charge in [0.15, 0.2) is 0 Å². The van der Waals surface area contributed by atoms with Crippen molar-refractivity contribution in [3.63, 3.8) is 0 Å². The summed E-state index contributed by atoms with van der Waals surface area (Å²) in [6.07, 6.45) is 1.49. The van der Waals surface area contributed by atoms with Crippen LogP contribution in [0.15, 0.2) is 36.4 Å². The molecule has 102 valence electrons. The normalized spacial score (nSPS) is 13.8. The van der Waals surface area contributed by atoms with E-state index in [9.17, 15) is 4.79 Å². The summed E-state index contributed by atoms with van der Waals surface area (Å²) >= 11 is 0. The number of benzene rings is 2. The number of rotatable bonds is 2. The average molecular weight is 265 g/mol. The number of aryl methyl sites for hydroxylation is 3. The summed E-state index contributed by atoms with van der Waals surface area (Å²) in [6.45, 7) is 6.32. The molecular formula is C18H19NO. The van der Waals surface area contributed by atoms with Crippen molar-refractivity contribution in [1.29, 1.82) is 0 Å². The van der Waals surface area contributed by atoms with E-state index in [0.717, 1.165) is 23.4 Å². The Labute approximate surface area is 120 Å². The molecule has 0 aliphatic carbocycles. The first-order valence-electron chi connectivity index (χ1n) is 7.12. The molecule has 0 radical (unpaired) electrons. The Morgan fingerprint density at radius 2 is 1.85 bits per heavy atom. The van der Waals surface area contributed by atoms with Crippen LogP contribution >= 0.6 is 0 Å². The number of carbonyl (C=O) groups excluding carboxylic acids is 1. The summed E-state index contributed by atoms with van der Waals surface area (Å²) in [5, 5.41) is 0. The minimum absolute atomic E-state index is 0.163. The molecule has 0 unspecified atom stereocenters. The average Bonchev–Trinajstić information content (AvgIpc) is 2.77. The summed E-state index contributed by atoms with van der Waals surface area (Å²) < 4.78 is 0. The van der Waals surface area contributed by atoms with Crippen LogP contribution in [-0.2, 0) is 17.6 Å². The quantitative estimate of drug-likeness (QED) is 0.801. The maximum atomic E-state index is 12.4. The second-order valence-electron chi connectivity index (χ2n) is 5.49. The van der Waals surface area contributed by atoms with E-state index < -0.39 is 0 Å². The van der Waals surface area contributed by atoms with Crippen molar-refractivity contribution in [3.8, 4) is 0 Å². The number of amides is 1. The molecule has 1 amide bonds. The molecule has 0 fully saturated rings. The van der Waals surface area contributed by atoms with Gasteiger partial charge in [0.1, 0.15) is 0 Å². The summed E-state index contributed by atoms with van der Waals surface area (Å²) in [6, 6.07) is 12.6. The van der Waals surface area contributed by atoms with Crippen LogP contribution < -0.4 is 4.90 Å². The molecular weight excluding hydrogens is 246 g/mol. The molecule has 0 N–H and O–H groups in total. The van der Waals surface area contributed by atoms with Gasteiger partial charge < -0.3 is 0 Å². The number of hydrogen-bond donors (Lipinski definition) is 0. The first kappa shape index (κ1) is 12.9. The van der Waals surface area contributed by atoms with Gasteiger partial charge in [0.25, 0.3) is 0 Å². The van der Waals surface area contributed by atoms with Crippen LogP contribution in [0.3, 0.4) is 0 Å². The minimum Gasteiger partial charge on any atom is -0.280 e. The third kappa shape index (κ3) is 2.01. The Balaban J connectivity index is 2.11. The number of nitrogens with zero attached hydrogens (tertiary/aromatic N) is 1. The van der Waals surface area contributed by atoms with Gasteiger partial charge in [-0.15, -0.1) is 0 Å². The molecule has 2 heteroatoms. The molecule has 1 aliphatic heterocycles. The van der Waals surface area contributed by atoms with Crippen molar-refractivity contribution in [3.05, 3.63) is 58.7 Å². The number of carbonyl (C=O) groups is 1. The SMILES string of the molecule is CCc1ccc2c(c1)N(c1ccc(C)c(C)c1)C(=O)C2. The standard InChI is InChI=1S/C18H19NO/c1-4-14-6-7-15-11-18(20)19(17(15)10-14)16-8-5-12(2)13(3)9-16/h5-10H,4,11H2,1-3H3. The van der Waals surface area contributed by atoms with Gasteiger partial charge in [-0.25, -0.2) is 0 Å². The van der Waals surface area contributed by atoms with Gasteiger partial charge in [0, 0.05) is 5.69 Å². The van der Waals surface area contributed by atoms with Gasteiger partial charge in [-0.3, -0.25) is 9.69 Å². The highest BCUT2D eigenvalue weighted by atomic mass is 16.2. The van der Waals surface area contributed by atoms with Gasteiger partial charge in [0.05, 0.1) is 12.1 Å². The summed E-state index contributed by atoms with van der Waals surface area (Å²) in [5.41, 5.74) is 6.90. The number of anilines is 2. The molecule has 2 aromatic rings. The van der Waals surface area contributed by atoms with Crippen LogP contribution in [0.4, 0.5) is 11.4 Å². The topological polar surface area (TPSA) is 20.3 Å². The van der Waals surface area contributed by atoms with Crippen molar-refractivity contribution in [2.45, 2.75) is 33.6 Å². The highest BCUT2D eigenvalue weighted by Crippen LogP contribution is 2.36. The molecule has 0 atom stereocenters. The molecule has 0 spiro atoms. The smallest absolute Gasteiger partial charge is 0.236 e. The Hall–Kier alpha value is -2.09. The van der Waals surface area contributed by atoms with Crippen molar-refractivity contribution in [1.82, 2.24) is 0 Å². The van der Waals surface area contributed by atoms with E-state index in [4.69, 9.17) is 0 Å². The molecule has 1 heterocycles. The van der Waals surface area contributed by atoms with Gasteiger partial charge in [-0.1, -0.05) is 25.1 Å². The molecule has 0 saturated carbocycles. The molecule has 1 aliphatic rings. The first-order chi connectivity index (χ1) is 9.60. The fraction of sp³-hybridized carbons (Fsp3) is 0.278. The lowest BCUT2D eigenvalue weighted by Gasteiger charge is -2.19. The Morgan fingerprint density at radius 3 is 2.55 bits per heavy atom.